The Morgan fingerprint density at radius 3 is 3.12 bits per heavy atom. The maximum absolute atomic E-state index is 8.35. The number of halogens is 1. The van der Waals surface area contributed by atoms with Crippen LogP contribution in [0.25, 0.3) is 0 Å². The van der Waals surface area contributed by atoms with Gasteiger partial charge in [0.2, 0.25) is 0 Å². The summed E-state index contributed by atoms with van der Waals surface area (Å²) < 4.78 is 0. The van der Waals surface area contributed by atoms with Crippen molar-refractivity contribution in [2.24, 2.45) is 5.73 Å². The second kappa shape index (κ2) is 8.98. The van der Waals surface area contributed by atoms with Crippen molar-refractivity contribution in [2.45, 2.75) is 12.2 Å². The second-order valence-corrected chi connectivity index (χ2v) is 5.00. The molecule has 1 aromatic rings. The summed E-state index contributed by atoms with van der Waals surface area (Å²) in [5.41, 5.74) is 6.31. The van der Waals surface area contributed by atoms with Crippen molar-refractivity contribution in [1.29, 1.82) is 5.26 Å². The Morgan fingerprint density at radius 2 is 2.50 bits per heavy atom. The summed E-state index contributed by atoms with van der Waals surface area (Å²) in [6.45, 7) is 0. The third-order valence-electron chi connectivity index (χ3n) is 1.39. The maximum atomic E-state index is 8.35. The highest BCUT2D eigenvalue weighted by molar-refractivity contribution is 14.0. The highest BCUT2D eigenvalue weighted by Crippen LogP contribution is 2.19. The summed E-state index contributed by atoms with van der Waals surface area (Å²) in [6.07, 6.45) is 0.576. The minimum atomic E-state index is 0. The molecule has 0 bridgehead atoms. The number of thiocarbonyl (C=S) groups is 1. The molecule has 0 fully saturated rings. The number of thioether (sulfide) groups is 1. The molecule has 0 aliphatic heterocycles. The van der Waals surface area contributed by atoms with Crippen molar-refractivity contribution in [3.8, 4) is 6.07 Å². The molecule has 3 N–H and O–H groups in total. The molecule has 0 amide bonds. The van der Waals surface area contributed by atoms with Crippen molar-refractivity contribution >= 4 is 69.5 Å². The molecule has 8 heteroatoms. The van der Waals surface area contributed by atoms with Gasteiger partial charge in [0.05, 0.1) is 11.8 Å². The minimum Gasteiger partial charge on any atom is -0.376 e. The largest absolute Gasteiger partial charge is 0.376 e. The van der Waals surface area contributed by atoms with Gasteiger partial charge in [-0.3, -0.25) is 0 Å². The summed E-state index contributed by atoms with van der Waals surface area (Å²) in [7, 11) is 0. The summed E-state index contributed by atoms with van der Waals surface area (Å²) in [5.74, 6) is 1.66. The van der Waals surface area contributed by atoms with E-state index < -0.39 is 0 Å². The Labute approximate surface area is 125 Å². The van der Waals surface area contributed by atoms with Crippen LogP contribution in [0.2, 0.25) is 0 Å². The van der Waals surface area contributed by atoms with Crippen LogP contribution < -0.4 is 11.1 Å². The Morgan fingerprint density at radius 1 is 1.75 bits per heavy atom. The number of nitrogens with two attached hydrogens (primary N) is 1. The van der Waals surface area contributed by atoms with Gasteiger partial charge in [0.1, 0.15) is 0 Å². The van der Waals surface area contributed by atoms with E-state index in [0.29, 0.717) is 6.42 Å². The van der Waals surface area contributed by atoms with Crippen LogP contribution in [0, 0.1) is 11.3 Å². The predicted molar refractivity (Wildman–Crippen MR) is 84.3 cm³/mol. The van der Waals surface area contributed by atoms with Crippen LogP contribution in [0.4, 0.5) is 5.13 Å². The first-order valence-electron chi connectivity index (χ1n) is 4.18. The van der Waals surface area contributed by atoms with E-state index in [1.54, 1.807) is 11.8 Å². The molecule has 0 aliphatic carbocycles. The van der Waals surface area contributed by atoms with E-state index in [2.05, 4.69) is 16.4 Å². The van der Waals surface area contributed by atoms with E-state index in [-0.39, 0.29) is 29.1 Å². The number of nitrogens with one attached hydrogen (secondary N) is 1. The molecular weight excluding hydrogens is 375 g/mol. The third-order valence-corrected chi connectivity index (χ3v) is 3.29. The van der Waals surface area contributed by atoms with Gasteiger partial charge in [-0.2, -0.15) is 17.0 Å². The Balaban J connectivity index is 0.00000225. The van der Waals surface area contributed by atoms with Crippen molar-refractivity contribution in [2.75, 3.05) is 11.1 Å². The van der Waals surface area contributed by atoms with Crippen LogP contribution in [-0.2, 0) is 5.75 Å². The highest BCUT2D eigenvalue weighted by Gasteiger charge is 2.02. The van der Waals surface area contributed by atoms with Gasteiger partial charge in [-0.05, 0) is 12.2 Å². The lowest BCUT2D eigenvalue weighted by molar-refractivity contribution is 1.20. The van der Waals surface area contributed by atoms with E-state index in [4.69, 9.17) is 23.2 Å². The zero-order valence-corrected chi connectivity index (χ0v) is 13.1. The molecule has 0 aliphatic rings. The van der Waals surface area contributed by atoms with E-state index in [9.17, 15) is 0 Å². The van der Waals surface area contributed by atoms with Gasteiger partial charge in [0.15, 0.2) is 10.2 Å². The highest BCUT2D eigenvalue weighted by atomic mass is 127. The number of thiazole rings is 1. The summed E-state index contributed by atoms with van der Waals surface area (Å²) >= 11 is 7.87. The van der Waals surface area contributed by atoms with E-state index in [1.165, 1.54) is 11.3 Å². The molecule has 88 valence electrons. The minimum absolute atomic E-state index is 0. The first-order chi connectivity index (χ1) is 7.22. The molecule has 0 spiro atoms. The Hall–Kier alpha value is -0.110. The van der Waals surface area contributed by atoms with E-state index in [0.717, 1.165) is 22.3 Å². The monoisotopic (exact) mass is 386 g/mol. The number of nitrogens with zero attached hydrogens (tertiary/aromatic N) is 2. The Kier molecular flexibility index (Phi) is 8.91. The van der Waals surface area contributed by atoms with Gasteiger partial charge in [-0.1, -0.05) is 0 Å². The van der Waals surface area contributed by atoms with Crippen molar-refractivity contribution in [3.63, 3.8) is 0 Å². The standard InChI is InChI=1S/C8H10N4S3.HI/c9-2-1-3-14-4-6-5-15-8(11-6)12-7(10)13;/h5H,1,3-4H2,(H3,10,11,12,13);1H. The average Bonchev–Trinajstić information content (AvgIpc) is 2.59. The molecule has 0 aromatic carbocycles. The average molecular weight is 386 g/mol. The molecule has 0 atom stereocenters. The maximum Gasteiger partial charge on any atom is 0.189 e. The first-order valence-corrected chi connectivity index (χ1v) is 6.62. The third kappa shape index (κ3) is 6.47. The zero-order chi connectivity index (χ0) is 11.1. The predicted octanol–water partition coefficient (Wildman–Crippen LogP) is 2.56. The summed E-state index contributed by atoms with van der Waals surface area (Å²) in [4.78, 5) is 4.28. The smallest absolute Gasteiger partial charge is 0.189 e. The molecule has 0 saturated heterocycles. The zero-order valence-electron chi connectivity index (χ0n) is 8.30. The fourth-order valence-corrected chi connectivity index (χ4v) is 2.56. The van der Waals surface area contributed by atoms with Crippen LogP contribution in [0.3, 0.4) is 0 Å². The summed E-state index contributed by atoms with van der Waals surface area (Å²) in [6, 6.07) is 2.10. The fraction of sp³-hybridized carbons (Fsp3) is 0.375. The van der Waals surface area contributed by atoms with Crippen LogP contribution in [0.1, 0.15) is 12.1 Å². The van der Waals surface area contributed by atoms with Gasteiger partial charge >= 0.3 is 0 Å². The van der Waals surface area contributed by atoms with Crippen LogP contribution in [0.15, 0.2) is 5.38 Å². The Bertz CT molecular complexity index is 374. The summed E-state index contributed by atoms with van der Waals surface area (Å²) in [5, 5.41) is 14.0. The normalized spacial score (nSPS) is 8.94. The topological polar surface area (TPSA) is 74.7 Å². The molecule has 0 saturated carbocycles. The molecule has 0 unspecified atom stereocenters. The number of hydrogen-bond acceptors (Lipinski definition) is 5. The molecule has 0 radical (unpaired) electrons. The van der Waals surface area contributed by atoms with Crippen molar-refractivity contribution in [3.05, 3.63) is 11.1 Å². The van der Waals surface area contributed by atoms with E-state index in [1.807, 2.05) is 5.38 Å². The molecule has 1 aromatic heterocycles. The van der Waals surface area contributed by atoms with Crippen molar-refractivity contribution in [1.82, 2.24) is 4.98 Å². The van der Waals surface area contributed by atoms with Crippen LogP contribution in [0.5, 0.6) is 0 Å². The molecular formula is C8H11IN4S3. The van der Waals surface area contributed by atoms with E-state index >= 15 is 0 Å². The fourth-order valence-electron chi connectivity index (χ4n) is 0.831. The lowest BCUT2D eigenvalue weighted by atomic mass is 10.6. The number of hydrogen-bond donors (Lipinski definition) is 2. The van der Waals surface area contributed by atoms with Gasteiger partial charge in [-0.15, -0.1) is 35.3 Å². The number of aromatic nitrogens is 1. The van der Waals surface area contributed by atoms with Gasteiger partial charge in [0, 0.05) is 23.3 Å². The lowest BCUT2D eigenvalue weighted by Crippen LogP contribution is -2.18. The molecule has 1 rings (SSSR count). The molecule has 16 heavy (non-hydrogen) atoms. The second-order valence-electron chi connectivity index (χ2n) is 2.59. The number of nitriles is 1. The molecule has 1 heterocycles. The number of anilines is 1. The van der Waals surface area contributed by atoms with Crippen LogP contribution in [-0.4, -0.2) is 15.8 Å². The van der Waals surface area contributed by atoms with Crippen molar-refractivity contribution < 1.29 is 0 Å². The van der Waals surface area contributed by atoms with Gasteiger partial charge in [0.25, 0.3) is 0 Å². The number of rotatable bonds is 5. The first kappa shape index (κ1) is 15.9. The van der Waals surface area contributed by atoms with Crippen LogP contribution >= 0.6 is 59.3 Å². The van der Waals surface area contributed by atoms with Gasteiger partial charge in [-0.25, -0.2) is 4.98 Å². The molecule has 4 nitrogen and oxygen atoms in total. The quantitative estimate of drug-likeness (QED) is 0.460. The lowest BCUT2D eigenvalue weighted by Gasteiger charge is -1.96. The van der Waals surface area contributed by atoms with Gasteiger partial charge < -0.3 is 11.1 Å². The SMILES string of the molecule is I.N#CCCSCc1csc(NC(N)=S)n1.